The highest BCUT2D eigenvalue weighted by Crippen LogP contribution is 2.32. The first kappa shape index (κ1) is 13.5. The molecular formula is C13H8Cl2N2O2S. The molecule has 1 aliphatic rings. The molecule has 4 nitrogen and oxygen atoms in total. The van der Waals surface area contributed by atoms with Crippen LogP contribution >= 0.6 is 22.3 Å². The largest absolute Gasteiger partial charge is 0.261 e. The van der Waals surface area contributed by atoms with Crippen molar-refractivity contribution >= 4 is 31.3 Å². The van der Waals surface area contributed by atoms with Crippen molar-refractivity contribution < 1.29 is 8.42 Å². The Balaban J connectivity index is 2.20. The number of halogens is 2. The van der Waals surface area contributed by atoms with Crippen LogP contribution in [0.25, 0.3) is 0 Å². The average Bonchev–Trinajstić information content (AvgIpc) is 2.75. The number of fused-ring (bicyclic) bond motifs is 1. The molecule has 0 saturated carbocycles. The minimum Gasteiger partial charge on any atom is -0.234 e. The number of hydrogen-bond donors (Lipinski definition) is 0. The third kappa shape index (κ3) is 2.32. The van der Waals surface area contributed by atoms with E-state index in [2.05, 4.69) is 9.98 Å². The zero-order valence-electron chi connectivity index (χ0n) is 9.99. The summed E-state index contributed by atoms with van der Waals surface area (Å²) in [6.45, 7) is 0. The Kier molecular flexibility index (Phi) is 3.08. The van der Waals surface area contributed by atoms with Crippen LogP contribution in [0.15, 0.2) is 63.4 Å². The smallest absolute Gasteiger partial charge is 0.234 e. The monoisotopic (exact) mass is 326 g/mol. The van der Waals surface area contributed by atoms with E-state index in [1.165, 1.54) is 12.1 Å². The summed E-state index contributed by atoms with van der Waals surface area (Å²) in [5.74, 6) is 0. The van der Waals surface area contributed by atoms with Crippen molar-refractivity contribution in [1.29, 1.82) is 0 Å². The topological polar surface area (TPSA) is 58.9 Å². The molecule has 3 rings (SSSR count). The Morgan fingerprint density at radius 2 is 1.60 bits per heavy atom. The van der Waals surface area contributed by atoms with Crippen molar-refractivity contribution in [1.82, 2.24) is 0 Å². The maximum absolute atomic E-state index is 11.3. The van der Waals surface area contributed by atoms with Crippen molar-refractivity contribution in [3.63, 3.8) is 0 Å². The number of benzene rings is 2. The summed E-state index contributed by atoms with van der Waals surface area (Å²) < 4.78 is 22.6. The van der Waals surface area contributed by atoms with E-state index in [1.54, 1.807) is 6.07 Å². The fraction of sp³-hybridized carbons (Fsp3) is 0.0769. The summed E-state index contributed by atoms with van der Waals surface area (Å²) in [6.07, 6.45) is 0. The lowest BCUT2D eigenvalue weighted by atomic mass is 10.2. The molecule has 2 aromatic rings. The molecule has 7 heteroatoms. The normalized spacial score (nSPS) is 20.9. The molecule has 1 atom stereocenters. The molecule has 0 saturated heterocycles. The first-order valence-corrected chi connectivity index (χ1v) is 8.36. The predicted molar refractivity (Wildman–Crippen MR) is 75.8 cm³/mol. The van der Waals surface area contributed by atoms with Gasteiger partial charge in [0.2, 0.25) is 0 Å². The van der Waals surface area contributed by atoms with Crippen LogP contribution in [0.4, 0.5) is 0 Å². The number of alkyl halides is 1. The number of nitrogens with zero attached hydrogens (tertiary/aromatic N) is 2. The van der Waals surface area contributed by atoms with Gasteiger partial charge in [0.05, 0.1) is 15.6 Å². The van der Waals surface area contributed by atoms with E-state index in [9.17, 15) is 8.42 Å². The van der Waals surface area contributed by atoms with Gasteiger partial charge in [-0.05, 0) is 18.2 Å². The highest BCUT2D eigenvalue weighted by Gasteiger charge is 2.30. The van der Waals surface area contributed by atoms with Crippen molar-refractivity contribution in [3.05, 3.63) is 64.8 Å². The van der Waals surface area contributed by atoms with Gasteiger partial charge >= 0.3 is 0 Å². The van der Waals surface area contributed by atoms with E-state index in [0.717, 1.165) is 0 Å². The standard InChI is InChI=1S/C13H8Cl2N2O2S/c14-13(9-4-2-1-3-5-9)16-11-7-6-10(20(15,18)19)8-12(11)17-13/h1-8H. The van der Waals surface area contributed by atoms with Gasteiger partial charge in [0.1, 0.15) is 0 Å². The van der Waals surface area contributed by atoms with Crippen LogP contribution in [-0.4, -0.2) is 8.42 Å². The van der Waals surface area contributed by atoms with Gasteiger partial charge in [0.25, 0.3) is 14.2 Å². The van der Waals surface area contributed by atoms with Crippen LogP contribution in [0.3, 0.4) is 0 Å². The summed E-state index contributed by atoms with van der Waals surface area (Å²) in [7, 11) is 1.52. The van der Waals surface area contributed by atoms with Crippen LogP contribution in [0, 0.1) is 0 Å². The molecule has 0 N–H and O–H groups in total. The molecule has 0 amide bonds. The van der Waals surface area contributed by atoms with Crippen molar-refractivity contribution in [3.8, 4) is 0 Å². The van der Waals surface area contributed by atoms with Gasteiger partial charge in [0.15, 0.2) is 0 Å². The summed E-state index contributed by atoms with van der Waals surface area (Å²) in [5.41, 5.74) is 0.716. The third-order valence-electron chi connectivity index (χ3n) is 2.91. The van der Waals surface area contributed by atoms with Crippen LogP contribution < -0.4 is 10.7 Å². The Bertz CT molecular complexity index is 898. The van der Waals surface area contributed by atoms with Crippen LogP contribution in [0.5, 0.6) is 0 Å². The van der Waals surface area contributed by atoms with Gasteiger partial charge in [0, 0.05) is 16.2 Å². The molecule has 1 unspecified atom stereocenters. The molecule has 102 valence electrons. The maximum atomic E-state index is 11.3. The van der Waals surface area contributed by atoms with Gasteiger partial charge < -0.3 is 0 Å². The summed E-state index contributed by atoms with van der Waals surface area (Å²) in [4.78, 5) is 8.62. The van der Waals surface area contributed by atoms with Gasteiger partial charge in [-0.1, -0.05) is 41.9 Å². The van der Waals surface area contributed by atoms with E-state index in [4.69, 9.17) is 22.3 Å². The van der Waals surface area contributed by atoms with E-state index in [1.807, 2.05) is 30.3 Å². The Hall–Kier alpha value is -1.43. The zero-order chi connectivity index (χ0) is 14.4. The predicted octanol–water partition coefficient (Wildman–Crippen LogP) is 1.92. The minimum absolute atomic E-state index is 0.0224. The lowest BCUT2D eigenvalue weighted by Crippen LogP contribution is -2.21. The molecule has 0 aromatic heterocycles. The fourth-order valence-corrected chi connectivity index (χ4v) is 3.04. The van der Waals surface area contributed by atoms with Gasteiger partial charge in [-0.15, -0.1) is 0 Å². The lowest BCUT2D eigenvalue weighted by Gasteiger charge is -2.14. The summed E-state index contributed by atoms with van der Waals surface area (Å²) in [6, 6.07) is 13.5. The van der Waals surface area contributed by atoms with E-state index >= 15 is 0 Å². The minimum atomic E-state index is -3.80. The summed E-state index contributed by atoms with van der Waals surface area (Å²) in [5, 5.41) is -0.309. The highest BCUT2D eigenvalue weighted by molar-refractivity contribution is 8.13. The maximum Gasteiger partial charge on any atom is 0.261 e. The van der Waals surface area contributed by atoms with Crippen LogP contribution in [0.1, 0.15) is 5.56 Å². The Morgan fingerprint density at radius 3 is 2.25 bits per heavy atom. The second kappa shape index (κ2) is 4.55. The molecule has 0 aliphatic carbocycles. The van der Waals surface area contributed by atoms with E-state index in [-0.39, 0.29) is 4.90 Å². The van der Waals surface area contributed by atoms with Gasteiger partial charge in [-0.3, -0.25) is 0 Å². The number of rotatable bonds is 2. The Morgan fingerprint density at radius 1 is 0.950 bits per heavy atom. The molecular weight excluding hydrogens is 319 g/mol. The molecule has 2 aromatic carbocycles. The first-order valence-electron chi connectivity index (χ1n) is 5.67. The van der Waals surface area contributed by atoms with E-state index < -0.39 is 14.2 Å². The van der Waals surface area contributed by atoms with Crippen LogP contribution in [0.2, 0.25) is 0 Å². The molecule has 0 radical (unpaired) electrons. The third-order valence-corrected chi connectivity index (χ3v) is 4.65. The number of hydrogen-bond acceptors (Lipinski definition) is 4. The molecule has 0 spiro atoms. The Labute approximate surface area is 124 Å². The first-order chi connectivity index (χ1) is 9.38. The average molecular weight is 327 g/mol. The fourth-order valence-electron chi connectivity index (χ4n) is 1.96. The van der Waals surface area contributed by atoms with Crippen molar-refractivity contribution in [2.24, 2.45) is 9.98 Å². The lowest BCUT2D eigenvalue weighted by molar-refractivity contribution is 0.609. The summed E-state index contributed by atoms with van der Waals surface area (Å²) >= 11 is 6.41. The second-order valence-corrected chi connectivity index (χ2v) is 7.36. The second-order valence-electron chi connectivity index (χ2n) is 4.27. The highest BCUT2D eigenvalue weighted by atomic mass is 35.7. The molecule has 1 aliphatic heterocycles. The molecule has 1 heterocycles. The SMILES string of the molecule is O=S(=O)(Cl)c1ccc2c(c1)=NC(Cl)(c1ccccc1)N=2. The molecule has 20 heavy (non-hydrogen) atoms. The van der Waals surface area contributed by atoms with Gasteiger partial charge in [-0.25, -0.2) is 18.4 Å². The van der Waals surface area contributed by atoms with Crippen molar-refractivity contribution in [2.75, 3.05) is 0 Å². The van der Waals surface area contributed by atoms with Gasteiger partial charge in [-0.2, -0.15) is 0 Å². The van der Waals surface area contributed by atoms with Crippen LogP contribution in [-0.2, 0) is 14.2 Å². The quantitative estimate of drug-likeness (QED) is 0.481. The zero-order valence-corrected chi connectivity index (χ0v) is 12.3. The van der Waals surface area contributed by atoms with Crippen molar-refractivity contribution in [2.45, 2.75) is 10.0 Å². The van der Waals surface area contributed by atoms with E-state index in [0.29, 0.717) is 16.3 Å². The molecule has 0 bridgehead atoms. The molecule has 0 fully saturated rings.